The van der Waals surface area contributed by atoms with Gasteiger partial charge in [0.15, 0.2) is 18.1 Å². The number of unbranched alkanes of at least 4 members (excludes halogenated alkanes) is 3. The van der Waals surface area contributed by atoms with E-state index in [1.807, 2.05) is 0 Å². The monoisotopic (exact) mass is 490 g/mol. The van der Waals surface area contributed by atoms with Gasteiger partial charge in [0.05, 0.1) is 21.1 Å². The molecule has 10 heteroatoms. The Hall–Kier alpha value is -2.97. The molecule has 2 heterocycles. The fraction of sp³-hybridized carbons (Fsp3) is 0.348. The maximum atomic E-state index is 12.8. The van der Waals surface area contributed by atoms with Gasteiger partial charge >= 0.3 is 5.97 Å². The number of pyridine rings is 1. The molecule has 1 aromatic carbocycles. The van der Waals surface area contributed by atoms with Crippen molar-refractivity contribution in [1.29, 1.82) is 0 Å². The van der Waals surface area contributed by atoms with Gasteiger partial charge in [0.1, 0.15) is 0 Å². The Morgan fingerprint density at radius 3 is 2.55 bits per heavy atom. The third kappa shape index (κ3) is 6.09. The predicted octanol–water partition coefficient (Wildman–Crippen LogP) is 4.78. The van der Waals surface area contributed by atoms with Gasteiger partial charge in [-0.25, -0.2) is 14.5 Å². The molecule has 174 valence electrons. The van der Waals surface area contributed by atoms with Crippen molar-refractivity contribution in [3.8, 4) is 0 Å². The third-order valence-corrected chi connectivity index (χ3v) is 5.65. The van der Waals surface area contributed by atoms with Crippen LogP contribution in [-0.2, 0) is 16.1 Å². The fourth-order valence-corrected chi connectivity index (χ4v) is 3.65. The molecule has 0 saturated carbocycles. The van der Waals surface area contributed by atoms with E-state index in [0.717, 1.165) is 25.7 Å². The minimum Gasteiger partial charge on any atom is -0.451 e. The molecule has 3 rings (SSSR count). The van der Waals surface area contributed by atoms with Gasteiger partial charge in [-0.2, -0.15) is 5.10 Å². The van der Waals surface area contributed by atoms with Crippen LogP contribution in [0.5, 0.6) is 0 Å². The first-order valence-corrected chi connectivity index (χ1v) is 11.4. The van der Waals surface area contributed by atoms with E-state index in [0.29, 0.717) is 28.0 Å². The summed E-state index contributed by atoms with van der Waals surface area (Å²) in [6, 6.07) is 8.16. The lowest BCUT2D eigenvalue weighted by molar-refractivity contribution is -0.119. The van der Waals surface area contributed by atoms with Crippen LogP contribution in [0, 0.1) is 6.92 Å². The number of benzene rings is 1. The van der Waals surface area contributed by atoms with Gasteiger partial charge in [-0.1, -0.05) is 67.6 Å². The smallest absolute Gasteiger partial charge is 0.359 e. The number of hydrogen-bond donors (Lipinski definition) is 1. The fourth-order valence-electron chi connectivity index (χ4n) is 3.24. The highest BCUT2D eigenvalue weighted by Gasteiger charge is 2.19. The molecule has 2 aromatic heterocycles. The summed E-state index contributed by atoms with van der Waals surface area (Å²) in [6.45, 7) is 3.58. The molecule has 0 spiro atoms. The maximum Gasteiger partial charge on any atom is 0.359 e. The summed E-state index contributed by atoms with van der Waals surface area (Å²) in [7, 11) is 0. The van der Waals surface area contributed by atoms with E-state index < -0.39 is 18.5 Å². The van der Waals surface area contributed by atoms with E-state index in [1.165, 1.54) is 10.7 Å². The summed E-state index contributed by atoms with van der Waals surface area (Å²) >= 11 is 12.0. The minimum absolute atomic E-state index is 0.0213. The van der Waals surface area contributed by atoms with Crippen LogP contribution < -0.4 is 10.9 Å². The van der Waals surface area contributed by atoms with Crippen molar-refractivity contribution in [2.75, 3.05) is 11.9 Å². The molecule has 8 nitrogen and oxygen atoms in total. The molecular formula is C23H24Cl2N4O4. The Balaban J connectivity index is 1.76. The van der Waals surface area contributed by atoms with Crippen molar-refractivity contribution in [2.24, 2.45) is 0 Å². The zero-order valence-electron chi connectivity index (χ0n) is 18.4. The van der Waals surface area contributed by atoms with Crippen LogP contribution in [0.15, 0.2) is 35.1 Å². The number of nitrogens with zero attached hydrogens (tertiary/aromatic N) is 3. The van der Waals surface area contributed by atoms with Gasteiger partial charge in [0.2, 0.25) is 0 Å². The summed E-state index contributed by atoms with van der Waals surface area (Å²) in [4.78, 5) is 42.0. The van der Waals surface area contributed by atoms with Crippen LogP contribution in [0.3, 0.4) is 0 Å². The first-order chi connectivity index (χ1) is 15.8. The molecule has 3 aromatic rings. The molecule has 0 bridgehead atoms. The summed E-state index contributed by atoms with van der Waals surface area (Å²) in [6.07, 6.45) is 3.84. The Morgan fingerprint density at radius 1 is 1.09 bits per heavy atom. The van der Waals surface area contributed by atoms with E-state index in [-0.39, 0.29) is 22.1 Å². The number of anilines is 1. The normalized spacial score (nSPS) is 10.9. The van der Waals surface area contributed by atoms with Gasteiger partial charge in [-0.05, 0) is 25.5 Å². The third-order valence-electron chi connectivity index (χ3n) is 4.98. The molecule has 0 unspecified atom stereocenters. The second kappa shape index (κ2) is 11.2. The highest BCUT2D eigenvalue weighted by Crippen LogP contribution is 2.25. The van der Waals surface area contributed by atoms with Crippen molar-refractivity contribution in [3.63, 3.8) is 0 Å². The van der Waals surface area contributed by atoms with E-state index in [4.69, 9.17) is 27.9 Å². The molecule has 0 aliphatic carbocycles. The van der Waals surface area contributed by atoms with E-state index in [9.17, 15) is 14.4 Å². The Morgan fingerprint density at radius 2 is 1.82 bits per heavy atom. The lowest BCUT2D eigenvalue weighted by Crippen LogP contribution is -2.28. The number of carbonyl (C=O) groups is 2. The second-order valence-corrected chi connectivity index (χ2v) is 8.31. The standard InChI is InChI=1S/C23H24Cl2N4O4/c1-3-4-5-8-11-29-22(31)16-10-7-6-9-15(16)20(28-29)23(32)33-13-19(30)27-21-18(25)12-17(24)14(2)26-21/h6-7,9-10,12H,3-5,8,11,13H2,1-2H3,(H,26,27,30). The first-order valence-electron chi connectivity index (χ1n) is 10.6. The van der Waals surface area contributed by atoms with E-state index in [2.05, 4.69) is 22.3 Å². The summed E-state index contributed by atoms with van der Waals surface area (Å²) < 4.78 is 6.46. The average molecular weight is 491 g/mol. The number of halogens is 2. The van der Waals surface area contributed by atoms with Crippen molar-refractivity contribution in [1.82, 2.24) is 14.8 Å². The lowest BCUT2D eigenvalue weighted by atomic mass is 10.1. The van der Waals surface area contributed by atoms with Crippen LogP contribution in [0.1, 0.15) is 48.8 Å². The Labute approximate surface area is 200 Å². The quantitative estimate of drug-likeness (QED) is 0.341. The average Bonchev–Trinajstić information content (AvgIpc) is 2.80. The van der Waals surface area contributed by atoms with Gasteiger partial charge in [-0.3, -0.25) is 9.59 Å². The number of aryl methyl sites for hydroxylation is 2. The van der Waals surface area contributed by atoms with Gasteiger partial charge < -0.3 is 10.1 Å². The SMILES string of the molecule is CCCCCCn1nc(C(=O)OCC(=O)Nc2nc(C)c(Cl)cc2Cl)c2ccccc2c1=O. The topological polar surface area (TPSA) is 103 Å². The minimum atomic E-state index is -0.810. The number of nitrogens with one attached hydrogen (secondary N) is 1. The van der Waals surface area contributed by atoms with E-state index >= 15 is 0 Å². The number of rotatable bonds is 9. The molecule has 0 atom stereocenters. The van der Waals surface area contributed by atoms with Crippen LogP contribution in [0.4, 0.5) is 5.82 Å². The molecule has 0 saturated heterocycles. The molecular weight excluding hydrogens is 467 g/mol. The number of hydrogen-bond acceptors (Lipinski definition) is 6. The zero-order chi connectivity index (χ0) is 24.0. The molecule has 33 heavy (non-hydrogen) atoms. The van der Waals surface area contributed by atoms with Crippen molar-refractivity contribution < 1.29 is 14.3 Å². The zero-order valence-corrected chi connectivity index (χ0v) is 19.9. The van der Waals surface area contributed by atoms with Gasteiger partial charge in [0.25, 0.3) is 11.5 Å². The first kappa shape index (κ1) is 24.7. The second-order valence-electron chi connectivity index (χ2n) is 7.49. The Kier molecular flexibility index (Phi) is 8.41. The molecule has 0 aliphatic heterocycles. The summed E-state index contributed by atoms with van der Waals surface area (Å²) in [5, 5.41) is 8.00. The predicted molar refractivity (Wildman–Crippen MR) is 128 cm³/mol. The number of aromatic nitrogens is 3. The van der Waals surface area contributed by atoms with Gasteiger partial charge in [0, 0.05) is 11.9 Å². The number of amides is 1. The van der Waals surface area contributed by atoms with Crippen LogP contribution in [0.25, 0.3) is 10.8 Å². The number of esters is 1. The van der Waals surface area contributed by atoms with Crippen molar-refractivity contribution >= 4 is 51.7 Å². The highest BCUT2D eigenvalue weighted by molar-refractivity contribution is 6.36. The van der Waals surface area contributed by atoms with Crippen molar-refractivity contribution in [3.05, 3.63) is 62.1 Å². The number of fused-ring (bicyclic) bond motifs is 1. The Bertz CT molecular complexity index is 1240. The molecule has 0 aliphatic rings. The molecule has 0 radical (unpaired) electrons. The molecule has 1 amide bonds. The maximum absolute atomic E-state index is 12.8. The summed E-state index contributed by atoms with van der Waals surface area (Å²) in [5.41, 5.74) is 0.201. The van der Waals surface area contributed by atoms with Crippen LogP contribution >= 0.6 is 23.2 Å². The molecule has 1 N–H and O–H groups in total. The van der Waals surface area contributed by atoms with Gasteiger partial charge in [-0.15, -0.1) is 0 Å². The number of carbonyl (C=O) groups excluding carboxylic acids is 2. The largest absolute Gasteiger partial charge is 0.451 e. The van der Waals surface area contributed by atoms with Crippen molar-refractivity contribution in [2.45, 2.75) is 46.1 Å². The van der Waals surface area contributed by atoms with Crippen LogP contribution in [0.2, 0.25) is 10.0 Å². The summed E-state index contributed by atoms with van der Waals surface area (Å²) in [5.74, 6) is -1.32. The molecule has 0 fully saturated rings. The van der Waals surface area contributed by atoms with E-state index in [1.54, 1.807) is 31.2 Å². The lowest BCUT2D eigenvalue weighted by Gasteiger charge is -2.11. The van der Waals surface area contributed by atoms with Crippen LogP contribution in [-0.4, -0.2) is 33.2 Å². The highest BCUT2D eigenvalue weighted by atomic mass is 35.5. The number of ether oxygens (including phenoxy) is 1.